The van der Waals surface area contributed by atoms with Crippen molar-refractivity contribution in [1.82, 2.24) is 20.1 Å². The van der Waals surface area contributed by atoms with Crippen molar-refractivity contribution < 1.29 is 19.4 Å². The third kappa shape index (κ3) is 5.78. The van der Waals surface area contributed by atoms with Crippen LogP contribution in [0.2, 0.25) is 5.02 Å². The van der Waals surface area contributed by atoms with Gasteiger partial charge in [-0.3, -0.25) is 9.59 Å². The Morgan fingerprint density at radius 3 is 2.66 bits per heavy atom. The molecule has 2 aromatic carbocycles. The molecule has 3 rings (SSSR count). The first kappa shape index (κ1) is 23.6. The van der Waals surface area contributed by atoms with Gasteiger partial charge in [0, 0.05) is 17.6 Å². The van der Waals surface area contributed by atoms with Crippen molar-refractivity contribution in [2.75, 3.05) is 24.8 Å². The van der Waals surface area contributed by atoms with Crippen molar-refractivity contribution in [2.24, 2.45) is 7.05 Å². The second kappa shape index (κ2) is 11.0. The molecule has 0 aliphatic rings. The second-order valence-corrected chi connectivity index (χ2v) is 8.03. The number of carbonyl (C=O) groups is 2. The molecule has 0 radical (unpaired) electrons. The van der Waals surface area contributed by atoms with Crippen LogP contribution in [-0.4, -0.2) is 51.2 Å². The number of carbonyl (C=O) groups excluding carboxylic acids is 2. The van der Waals surface area contributed by atoms with Crippen LogP contribution in [0.25, 0.3) is 0 Å². The molecule has 11 heteroatoms. The number of benzene rings is 2. The normalized spacial score (nSPS) is 11.6. The maximum absolute atomic E-state index is 12.4. The number of amides is 2. The van der Waals surface area contributed by atoms with Gasteiger partial charge >= 0.3 is 0 Å². The summed E-state index contributed by atoms with van der Waals surface area (Å²) in [5, 5.41) is 24.4. The number of anilines is 1. The molecular formula is C21H22ClN5O4S. The van der Waals surface area contributed by atoms with E-state index in [2.05, 4.69) is 20.8 Å². The molecular weight excluding hydrogens is 454 g/mol. The van der Waals surface area contributed by atoms with Crippen LogP contribution < -0.4 is 15.4 Å². The molecule has 0 saturated carbocycles. The predicted octanol–water partition coefficient (Wildman–Crippen LogP) is 2.67. The summed E-state index contributed by atoms with van der Waals surface area (Å²) < 4.78 is 6.85. The monoisotopic (exact) mass is 475 g/mol. The first-order valence-electron chi connectivity index (χ1n) is 9.55. The van der Waals surface area contributed by atoms with Gasteiger partial charge in [0.2, 0.25) is 5.91 Å². The lowest BCUT2D eigenvalue weighted by Gasteiger charge is -2.16. The Bertz CT molecular complexity index is 1090. The minimum absolute atomic E-state index is 0.0573. The van der Waals surface area contributed by atoms with Gasteiger partial charge in [0.1, 0.15) is 11.8 Å². The molecule has 0 aliphatic carbocycles. The third-order valence-electron chi connectivity index (χ3n) is 4.47. The van der Waals surface area contributed by atoms with E-state index < -0.39 is 6.04 Å². The summed E-state index contributed by atoms with van der Waals surface area (Å²) in [5.41, 5.74) is 0.934. The summed E-state index contributed by atoms with van der Waals surface area (Å²) in [6.07, 6.45) is 0. The first-order chi connectivity index (χ1) is 15.4. The molecule has 0 saturated heterocycles. The number of rotatable bonds is 9. The van der Waals surface area contributed by atoms with E-state index in [4.69, 9.17) is 16.3 Å². The summed E-state index contributed by atoms with van der Waals surface area (Å²) in [6, 6.07) is 12.9. The van der Waals surface area contributed by atoms with E-state index in [1.807, 2.05) is 6.07 Å². The minimum atomic E-state index is -0.751. The zero-order valence-corrected chi connectivity index (χ0v) is 19.0. The maximum Gasteiger partial charge on any atom is 0.251 e. The van der Waals surface area contributed by atoms with Gasteiger partial charge in [-0.1, -0.05) is 41.6 Å². The van der Waals surface area contributed by atoms with Gasteiger partial charge in [-0.05, 0) is 30.3 Å². The Balaban J connectivity index is 1.63. The Hall–Kier alpha value is -3.08. The average molecular weight is 476 g/mol. The van der Waals surface area contributed by atoms with Crippen LogP contribution in [0.3, 0.4) is 0 Å². The van der Waals surface area contributed by atoms with Gasteiger partial charge in [0.25, 0.3) is 5.91 Å². The topological polar surface area (TPSA) is 118 Å². The Morgan fingerprint density at radius 2 is 1.97 bits per heavy atom. The summed E-state index contributed by atoms with van der Waals surface area (Å²) in [5.74, 6) is 0.305. The molecule has 3 N–H and O–H groups in total. The average Bonchev–Trinajstić information content (AvgIpc) is 3.16. The van der Waals surface area contributed by atoms with E-state index in [0.717, 1.165) is 0 Å². The van der Waals surface area contributed by atoms with Crippen molar-refractivity contribution >= 4 is 40.9 Å². The molecule has 168 valence electrons. The SMILES string of the molecule is COc1ccc(Cl)cc1NC(=O)CSc1nnc(C(CO)NC(=O)c2ccccc2)n1C. The molecule has 9 nitrogen and oxygen atoms in total. The number of nitrogens with one attached hydrogen (secondary N) is 2. The lowest BCUT2D eigenvalue weighted by Crippen LogP contribution is -2.32. The van der Waals surface area contributed by atoms with Crippen molar-refractivity contribution in [1.29, 1.82) is 0 Å². The molecule has 1 heterocycles. The van der Waals surface area contributed by atoms with Crippen LogP contribution in [0.4, 0.5) is 5.69 Å². The summed E-state index contributed by atoms with van der Waals surface area (Å²) in [6.45, 7) is -0.357. The molecule has 3 aromatic rings. The maximum atomic E-state index is 12.4. The van der Waals surface area contributed by atoms with Gasteiger partial charge in [-0.15, -0.1) is 10.2 Å². The number of aliphatic hydroxyl groups excluding tert-OH is 1. The number of hydrogen-bond acceptors (Lipinski definition) is 7. The highest BCUT2D eigenvalue weighted by Crippen LogP contribution is 2.28. The number of methoxy groups -OCH3 is 1. The molecule has 1 aromatic heterocycles. The fraction of sp³-hybridized carbons (Fsp3) is 0.238. The zero-order valence-electron chi connectivity index (χ0n) is 17.4. The minimum Gasteiger partial charge on any atom is -0.495 e. The third-order valence-corrected chi connectivity index (χ3v) is 5.73. The number of thioether (sulfide) groups is 1. The zero-order chi connectivity index (χ0) is 23.1. The highest BCUT2D eigenvalue weighted by Gasteiger charge is 2.22. The van der Waals surface area contributed by atoms with Crippen molar-refractivity contribution in [3.63, 3.8) is 0 Å². The molecule has 2 amide bonds. The Labute approximate surface area is 194 Å². The van der Waals surface area contributed by atoms with Gasteiger partial charge in [0.05, 0.1) is 25.2 Å². The number of nitrogens with zero attached hydrogens (tertiary/aromatic N) is 3. The molecule has 0 bridgehead atoms. The van der Waals surface area contributed by atoms with E-state index in [0.29, 0.717) is 33.0 Å². The van der Waals surface area contributed by atoms with E-state index >= 15 is 0 Å². The van der Waals surface area contributed by atoms with Crippen molar-refractivity contribution in [3.05, 3.63) is 64.9 Å². The van der Waals surface area contributed by atoms with Gasteiger partial charge in [-0.25, -0.2) is 0 Å². The van der Waals surface area contributed by atoms with Crippen LogP contribution in [0, 0.1) is 0 Å². The number of halogens is 1. The summed E-state index contributed by atoms with van der Waals surface area (Å²) >= 11 is 7.15. The fourth-order valence-corrected chi connectivity index (χ4v) is 3.76. The second-order valence-electron chi connectivity index (χ2n) is 6.66. The van der Waals surface area contributed by atoms with Crippen LogP contribution in [-0.2, 0) is 11.8 Å². The van der Waals surface area contributed by atoms with Crippen molar-refractivity contribution in [2.45, 2.75) is 11.2 Å². The van der Waals surface area contributed by atoms with Gasteiger partial charge in [-0.2, -0.15) is 0 Å². The Kier molecular flexibility index (Phi) is 8.09. The molecule has 0 aliphatic heterocycles. The van der Waals surface area contributed by atoms with Gasteiger partial charge < -0.3 is 25.0 Å². The van der Waals surface area contributed by atoms with Crippen LogP contribution in [0.15, 0.2) is 53.7 Å². The molecule has 0 spiro atoms. The van der Waals surface area contributed by atoms with Crippen LogP contribution in [0.1, 0.15) is 22.2 Å². The highest BCUT2D eigenvalue weighted by molar-refractivity contribution is 7.99. The number of aliphatic hydroxyl groups is 1. The smallest absolute Gasteiger partial charge is 0.251 e. The quantitative estimate of drug-likeness (QED) is 0.407. The molecule has 1 unspecified atom stereocenters. The highest BCUT2D eigenvalue weighted by atomic mass is 35.5. The van der Waals surface area contributed by atoms with Crippen molar-refractivity contribution in [3.8, 4) is 5.75 Å². The summed E-state index contributed by atoms with van der Waals surface area (Å²) in [7, 11) is 3.20. The van der Waals surface area contributed by atoms with Crippen LogP contribution >= 0.6 is 23.4 Å². The van der Waals surface area contributed by atoms with E-state index in [-0.39, 0.29) is 24.2 Å². The number of aromatic nitrogens is 3. The lowest BCUT2D eigenvalue weighted by molar-refractivity contribution is -0.113. The first-order valence-corrected chi connectivity index (χ1v) is 10.9. The van der Waals surface area contributed by atoms with E-state index in [9.17, 15) is 14.7 Å². The molecule has 1 atom stereocenters. The Morgan fingerprint density at radius 1 is 1.22 bits per heavy atom. The number of hydrogen-bond donors (Lipinski definition) is 3. The van der Waals surface area contributed by atoms with E-state index in [1.165, 1.54) is 18.9 Å². The molecule has 32 heavy (non-hydrogen) atoms. The predicted molar refractivity (Wildman–Crippen MR) is 122 cm³/mol. The molecule has 0 fully saturated rings. The van der Waals surface area contributed by atoms with Crippen LogP contribution in [0.5, 0.6) is 5.75 Å². The largest absolute Gasteiger partial charge is 0.495 e. The van der Waals surface area contributed by atoms with E-state index in [1.54, 1.807) is 54.1 Å². The standard InChI is InChI=1S/C21H22ClN5O4S/c1-27-19(16(11-28)24-20(30)13-6-4-3-5-7-13)25-26-21(27)32-12-18(29)23-15-10-14(22)8-9-17(15)31-2/h3-10,16,28H,11-12H2,1-2H3,(H,23,29)(H,24,30). The van der Waals surface area contributed by atoms with Gasteiger partial charge in [0.15, 0.2) is 11.0 Å². The fourth-order valence-electron chi connectivity index (χ4n) is 2.87. The summed E-state index contributed by atoms with van der Waals surface area (Å²) in [4.78, 5) is 24.8. The number of ether oxygens (including phenoxy) is 1. The lowest BCUT2D eigenvalue weighted by atomic mass is 10.2.